The van der Waals surface area contributed by atoms with E-state index in [2.05, 4.69) is 5.32 Å². The van der Waals surface area contributed by atoms with Crippen LogP contribution in [0.1, 0.15) is 30.4 Å². The average Bonchev–Trinajstić information content (AvgIpc) is 2.65. The smallest absolute Gasteiger partial charge is 0.320 e. The molecule has 2 rings (SSSR count). The molecule has 0 bridgehead atoms. The lowest BCUT2D eigenvalue weighted by Gasteiger charge is -2.20. The lowest BCUT2D eigenvalue weighted by atomic mass is 10.0. The third-order valence-corrected chi connectivity index (χ3v) is 4.36. The third kappa shape index (κ3) is 6.69. The minimum Gasteiger partial charge on any atom is -0.480 e. The quantitative estimate of drug-likeness (QED) is 0.576. The van der Waals surface area contributed by atoms with Crippen molar-refractivity contribution in [2.45, 2.75) is 44.2 Å². The number of hydrogen-bond donors (Lipinski definition) is 3. The highest BCUT2D eigenvalue weighted by molar-refractivity contribution is 5.77. The van der Waals surface area contributed by atoms with Gasteiger partial charge in [-0.2, -0.15) is 0 Å². The Labute approximate surface area is 153 Å². The molecule has 2 atom stereocenters. The van der Waals surface area contributed by atoms with Crippen molar-refractivity contribution < 1.29 is 19.8 Å². The summed E-state index contributed by atoms with van der Waals surface area (Å²) in [7, 11) is 0. The van der Waals surface area contributed by atoms with E-state index in [1.165, 1.54) is 0 Å². The highest BCUT2D eigenvalue weighted by Crippen LogP contribution is 2.10. The zero-order valence-corrected chi connectivity index (χ0v) is 14.7. The van der Waals surface area contributed by atoms with Crippen molar-refractivity contribution in [1.82, 2.24) is 5.32 Å². The van der Waals surface area contributed by atoms with Crippen LogP contribution in [0.2, 0.25) is 0 Å². The van der Waals surface area contributed by atoms with Gasteiger partial charge in [0.2, 0.25) is 0 Å². The van der Waals surface area contributed by atoms with Gasteiger partial charge in [0.05, 0.1) is 0 Å². The van der Waals surface area contributed by atoms with Crippen molar-refractivity contribution in [2.75, 3.05) is 0 Å². The molecule has 0 aromatic heterocycles. The lowest BCUT2D eigenvalue weighted by molar-refractivity contribution is -0.142. The van der Waals surface area contributed by atoms with Gasteiger partial charge in [0.25, 0.3) is 0 Å². The molecule has 0 radical (unpaired) electrons. The SMILES string of the molecule is O=C(O)C(CCCc1ccccc1)NC(CCc1ccccc1)C(=O)O. The van der Waals surface area contributed by atoms with Gasteiger partial charge in [-0.25, -0.2) is 0 Å². The Balaban J connectivity index is 1.87. The van der Waals surface area contributed by atoms with Gasteiger partial charge < -0.3 is 10.2 Å². The topological polar surface area (TPSA) is 86.6 Å². The van der Waals surface area contributed by atoms with Crippen molar-refractivity contribution in [3.8, 4) is 0 Å². The number of carboxylic acid groups (broad SMARTS) is 2. The van der Waals surface area contributed by atoms with E-state index >= 15 is 0 Å². The predicted octanol–water partition coefficient (Wildman–Crippen LogP) is 3.14. The van der Waals surface area contributed by atoms with Crippen molar-refractivity contribution in [2.24, 2.45) is 0 Å². The number of hydrogen-bond acceptors (Lipinski definition) is 3. The van der Waals surface area contributed by atoms with Crippen LogP contribution in [0.4, 0.5) is 0 Å². The Morgan fingerprint density at radius 1 is 0.731 bits per heavy atom. The molecule has 0 aliphatic rings. The molecule has 5 heteroatoms. The van der Waals surface area contributed by atoms with Crippen LogP contribution >= 0.6 is 0 Å². The highest BCUT2D eigenvalue weighted by Gasteiger charge is 2.25. The summed E-state index contributed by atoms with van der Waals surface area (Å²) in [6.45, 7) is 0. The van der Waals surface area contributed by atoms with Crippen molar-refractivity contribution in [3.63, 3.8) is 0 Å². The normalized spacial score (nSPS) is 13.1. The van der Waals surface area contributed by atoms with E-state index < -0.39 is 24.0 Å². The fourth-order valence-electron chi connectivity index (χ4n) is 2.91. The van der Waals surface area contributed by atoms with Crippen LogP contribution < -0.4 is 5.32 Å². The molecule has 2 aromatic carbocycles. The predicted molar refractivity (Wildman–Crippen MR) is 100 cm³/mol. The van der Waals surface area contributed by atoms with E-state index in [9.17, 15) is 19.8 Å². The van der Waals surface area contributed by atoms with E-state index in [4.69, 9.17) is 0 Å². The van der Waals surface area contributed by atoms with E-state index in [0.29, 0.717) is 25.7 Å². The summed E-state index contributed by atoms with van der Waals surface area (Å²) in [6, 6.07) is 17.7. The van der Waals surface area contributed by atoms with Gasteiger partial charge >= 0.3 is 11.9 Å². The summed E-state index contributed by atoms with van der Waals surface area (Å²) < 4.78 is 0. The molecule has 26 heavy (non-hydrogen) atoms. The Kier molecular flexibility index (Phi) is 7.83. The number of nitrogens with one attached hydrogen (secondary N) is 1. The molecule has 2 aromatic rings. The minimum atomic E-state index is -1.02. The number of aryl methyl sites for hydroxylation is 2. The maximum Gasteiger partial charge on any atom is 0.320 e. The molecular formula is C21H25NO4. The Morgan fingerprint density at radius 3 is 1.69 bits per heavy atom. The second-order valence-electron chi connectivity index (χ2n) is 6.35. The molecule has 138 valence electrons. The summed E-state index contributed by atoms with van der Waals surface area (Å²) in [5.41, 5.74) is 2.19. The van der Waals surface area contributed by atoms with Gasteiger partial charge in [-0.1, -0.05) is 60.7 Å². The maximum absolute atomic E-state index is 11.5. The first-order valence-corrected chi connectivity index (χ1v) is 8.86. The van der Waals surface area contributed by atoms with Gasteiger partial charge in [0.1, 0.15) is 12.1 Å². The van der Waals surface area contributed by atoms with E-state index in [0.717, 1.165) is 17.5 Å². The van der Waals surface area contributed by atoms with Crippen LogP contribution in [0.25, 0.3) is 0 Å². The molecule has 5 nitrogen and oxygen atoms in total. The molecule has 0 heterocycles. The van der Waals surface area contributed by atoms with Crippen LogP contribution in [0.15, 0.2) is 60.7 Å². The molecule has 0 aliphatic heterocycles. The lowest BCUT2D eigenvalue weighted by Crippen LogP contribution is -2.47. The Hall–Kier alpha value is -2.66. The molecule has 0 fully saturated rings. The van der Waals surface area contributed by atoms with Gasteiger partial charge in [-0.3, -0.25) is 14.9 Å². The second kappa shape index (κ2) is 10.4. The first kappa shape index (κ1) is 19.7. The minimum absolute atomic E-state index is 0.349. The Bertz CT molecular complexity index is 688. The monoisotopic (exact) mass is 355 g/mol. The molecular weight excluding hydrogens is 330 g/mol. The van der Waals surface area contributed by atoms with Crippen LogP contribution in [-0.2, 0) is 22.4 Å². The fourth-order valence-corrected chi connectivity index (χ4v) is 2.91. The summed E-state index contributed by atoms with van der Waals surface area (Å²) in [6.07, 6.45) is 2.77. The number of benzene rings is 2. The van der Waals surface area contributed by atoms with Crippen LogP contribution in [0.3, 0.4) is 0 Å². The maximum atomic E-state index is 11.5. The van der Waals surface area contributed by atoms with Crippen LogP contribution in [0, 0.1) is 0 Å². The van der Waals surface area contributed by atoms with E-state index in [-0.39, 0.29) is 0 Å². The molecule has 2 unspecified atom stereocenters. The first-order valence-electron chi connectivity index (χ1n) is 8.86. The average molecular weight is 355 g/mol. The van der Waals surface area contributed by atoms with Gasteiger partial charge in [-0.15, -0.1) is 0 Å². The largest absolute Gasteiger partial charge is 0.480 e. The zero-order chi connectivity index (χ0) is 18.8. The number of rotatable bonds is 11. The molecule has 0 spiro atoms. The third-order valence-electron chi connectivity index (χ3n) is 4.36. The number of carbonyl (C=O) groups is 2. The van der Waals surface area contributed by atoms with Gasteiger partial charge in [0, 0.05) is 0 Å². The van der Waals surface area contributed by atoms with Gasteiger partial charge in [0.15, 0.2) is 0 Å². The van der Waals surface area contributed by atoms with Crippen molar-refractivity contribution in [1.29, 1.82) is 0 Å². The first-order chi connectivity index (χ1) is 12.6. The summed E-state index contributed by atoms with van der Waals surface area (Å²) in [5, 5.41) is 21.7. The summed E-state index contributed by atoms with van der Waals surface area (Å²) in [5.74, 6) is -2.03. The Morgan fingerprint density at radius 2 is 1.19 bits per heavy atom. The molecule has 0 saturated heterocycles. The standard InChI is InChI=1S/C21H25NO4/c23-20(24)18(13-7-12-16-8-3-1-4-9-16)22-19(21(25)26)15-14-17-10-5-2-6-11-17/h1-6,8-11,18-19,22H,7,12-15H2,(H,23,24)(H,25,26). The number of carboxylic acids is 2. The summed E-state index contributed by atoms with van der Waals surface area (Å²) >= 11 is 0. The van der Waals surface area contributed by atoms with E-state index in [1.807, 2.05) is 60.7 Å². The van der Waals surface area contributed by atoms with Gasteiger partial charge in [-0.05, 0) is 43.2 Å². The van der Waals surface area contributed by atoms with E-state index in [1.54, 1.807) is 0 Å². The summed E-state index contributed by atoms with van der Waals surface area (Å²) in [4.78, 5) is 23.0. The fraction of sp³-hybridized carbons (Fsp3) is 0.333. The number of aliphatic carboxylic acids is 2. The highest BCUT2D eigenvalue weighted by atomic mass is 16.4. The molecule has 3 N–H and O–H groups in total. The van der Waals surface area contributed by atoms with Crippen molar-refractivity contribution in [3.05, 3.63) is 71.8 Å². The van der Waals surface area contributed by atoms with Crippen LogP contribution in [-0.4, -0.2) is 34.2 Å². The zero-order valence-electron chi connectivity index (χ0n) is 14.7. The molecule has 0 saturated carbocycles. The molecule has 0 aliphatic carbocycles. The second-order valence-corrected chi connectivity index (χ2v) is 6.35. The van der Waals surface area contributed by atoms with Crippen LogP contribution in [0.5, 0.6) is 0 Å². The van der Waals surface area contributed by atoms with Crippen molar-refractivity contribution >= 4 is 11.9 Å². The molecule has 0 amide bonds.